The van der Waals surface area contributed by atoms with Crippen LogP contribution in [0.1, 0.15) is 47.9 Å². The maximum atomic E-state index is 6.29. The second-order valence-electron chi connectivity index (χ2n) is 6.37. The molecule has 0 amide bonds. The molecule has 0 fully saturated rings. The molecule has 122 valence electrons. The highest BCUT2D eigenvalue weighted by molar-refractivity contribution is 5.65. The third-order valence-corrected chi connectivity index (χ3v) is 4.82. The zero-order valence-electron chi connectivity index (χ0n) is 14.2. The maximum absolute atomic E-state index is 6.29. The number of nitrogen functional groups attached to an aromatic ring is 2. The molecule has 0 aliphatic rings. The Morgan fingerprint density at radius 2 is 0.958 bits per heavy atom. The molecule has 0 saturated heterocycles. The molecule has 0 bridgehead atoms. The highest BCUT2D eigenvalue weighted by Crippen LogP contribution is 2.36. The minimum absolute atomic E-state index is 0.230. The van der Waals surface area contributed by atoms with Gasteiger partial charge in [-0.3, -0.25) is 0 Å². The maximum Gasteiger partial charge on any atom is 0.0373 e. The Morgan fingerprint density at radius 3 is 1.33 bits per heavy atom. The summed E-state index contributed by atoms with van der Waals surface area (Å²) in [5.74, 6) is 0.460. The molecule has 0 spiro atoms. The van der Waals surface area contributed by atoms with Gasteiger partial charge in [0.05, 0.1) is 0 Å². The van der Waals surface area contributed by atoms with Crippen molar-refractivity contribution in [2.75, 3.05) is 11.5 Å². The third-order valence-electron chi connectivity index (χ3n) is 4.82. The van der Waals surface area contributed by atoms with E-state index in [4.69, 9.17) is 11.5 Å². The molecule has 0 saturated carbocycles. The van der Waals surface area contributed by atoms with Crippen LogP contribution < -0.4 is 11.5 Å². The van der Waals surface area contributed by atoms with Gasteiger partial charge in [-0.25, -0.2) is 0 Å². The monoisotopic (exact) mass is 316 g/mol. The molecule has 3 aromatic rings. The van der Waals surface area contributed by atoms with E-state index in [9.17, 15) is 0 Å². The van der Waals surface area contributed by atoms with Gasteiger partial charge in [-0.1, -0.05) is 80.6 Å². The van der Waals surface area contributed by atoms with Gasteiger partial charge in [-0.05, 0) is 28.3 Å². The Bertz CT molecular complexity index is 743. The van der Waals surface area contributed by atoms with E-state index in [1.807, 2.05) is 18.2 Å². The summed E-state index contributed by atoms with van der Waals surface area (Å²) >= 11 is 0. The van der Waals surface area contributed by atoms with Crippen LogP contribution in [0.5, 0.6) is 0 Å². The summed E-state index contributed by atoms with van der Waals surface area (Å²) in [6.07, 6.45) is 0. The smallest absolute Gasteiger partial charge is 0.0373 e. The van der Waals surface area contributed by atoms with Crippen LogP contribution >= 0.6 is 0 Å². The summed E-state index contributed by atoms with van der Waals surface area (Å²) in [6, 6.07) is 25.0. The number of rotatable bonds is 4. The van der Waals surface area contributed by atoms with Gasteiger partial charge in [0, 0.05) is 23.2 Å². The molecular formula is C22H24N2. The zero-order valence-corrected chi connectivity index (χ0v) is 14.2. The lowest BCUT2D eigenvalue weighted by atomic mass is 9.85. The van der Waals surface area contributed by atoms with Crippen molar-refractivity contribution in [3.8, 4) is 0 Å². The van der Waals surface area contributed by atoms with Crippen LogP contribution in [0.3, 0.4) is 0 Å². The van der Waals surface area contributed by atoms with Crippen molar-refractivity contribution in [3.05, 3.63) is 95.1 Å². The van der Waals surface area contributed by atoms with Crippen molar-refractivity contribution >= 4 is 11.4 Å². The van der Waals surface area contributed by atoms with Crippen LogP contribution in [0.2, 0.25) is 0 Å². The topological polar surface area (TPSA) is 52.0 Å². The summed E-state index contributed by atoms with van der Waals surface area (Å²) < 4.78 is 0. The molecule has 0 radical (unpaired) electrons. The van der Waals surface area contributed by atoms with Crippen LogP contribution in [0.15, 0.2) is 72.8 Å². The highest BCUT2D eigenvalue weighted by atomic mass is 14.6. The minimum Gasteiger partial charge on any atom is -0.398 e. The van der Waals surface area contributed by atoms with Gasteiger partial charge < -0.3 is 11.5 Å². The van der Waals surface area contributed by atoms with E-state index in [0.29, 0.717) is 0 Å². The summed E-state index contributed by atoms with van der Waals surface area (Å²) in [4.78, 5) is 0. The Morgan fingerprint density at radius 1 is 0.583 bits per heavy atom. The van der Waals surface area contributed by atoms with Crippen LogP contribution in [0, 0.1) is 0 Å². The predicted molar refractivity (Wildman–Crippen MR) is 103 cm³/mol. The normalized spacial score (nSPS) is 13.4. The van der Waals surface area contributed by atoms with Crippen molar-refractivity contribution in [1.29, 1.82) is 0 Å². The van der Waals surface area contributed by atoms with E-state index >= 15 is 0 Å². The Kier molecular flexibility index (Phi) is 4.57. The van der Waals surface area contributed by atoms with E-state index in [0.717, 1.165) is 22.5 Å². The van der Waals surface area contributed by atoms with Crippen LogP contribution in [0.25, 0.3) is 0 Å². The van der Waals surface area contributed by atoms with Gasteiger partial charge >= 0.3 is 0 Å². The quantitative estimate of drug-likeness (QED) is 0.654. The number of hydrogen-bond donors (Lipinski definition) is 2. The summed E-state index contributed by atoms with van der Waals surface area (Å²) in [5, 5.41) is 0. The Balaban J connectivity index is 2.03. The molecule has 2 nitrogen and oxygen atoms in total. The second kappa shape index (κ2) is 6.79. The Labute approximate surface area is 144 Å². The first kappa shape index (κ1) is 16.1. The first-order valence-corrected chi connectivity index (χ1v) is 8.36. The predicted octanol–water partition coefficient (Wildman–Crippen LogP) is 5.15. The summed E-state index contributed by atoms with van der Waals surface area (Å²) in [6.45, 7) is 4.38. The zero-order chi connectivity index (χ0) is 17.1. The number of benzene rings is 3. The lowest BCUT2D eigenvalue weighted by Crippen LogP contribution is -2.07. The van der Waals surface area contributed by atoms with Gasteiger partial charge in [0.25, 0.3) is 0 Å². The second-order valence-corrected chi connectivity index (χ2v) is 6.37. The first-order valence-electron chi connectivity index (χ1n) is 8.36. The average Bonchev–Trinajstić information content (AvgIpc) is 2.62. The van der Waals surface area contributed by atoms with Gasteiger partial charge in [-0.15, -0.1) is 0 Å². The van der Waals surface area contributed by atoms with Gasteiger partial charge in [0.15, 0.2) is 0 Å². The fraction of sp³-hybridized carbons (Fsp3) is 0.182. The number of hydrogen-bond acceptors (Lipinski definition) is 2. The molecular weight excluding hydrogens is 292 g/mol. The highest BCUT2D eigenvalue weighted by Gasteiger charge is 2.18. The molecule has 0 aliphatic carbocycles. The van der Waals surface area contributed by atoms with Crippen molar-refractivity contribution in [2.45, 2.75) is 25.7 Å². The van der Waals surface area contributed by atoms with Crippen LogP contribution in [0.4, 0.5) is 11.4 Å². The molecule has 0 heterocycles. The van der Waals surface area contributed by atoms with E-state index in [1.54, 1.807) is 0 Å². The average molecular weight is 316 g/mol. The van der Waals surface area contributed by atoms with Gasteiger partial charge in [0.2, 0.25) is 0 Å². The Hall–Kier alpha value is -2.74. The van der Waals surface area contributed by atoms with Crippen molar-refractivity contribution in [2.24, 2.45) is 0 Å². The van der Waals surface area contributed by atoms with Crippen LogP contribution in [-0.4, -0.2) is 0 Å². The molecule has 0 aliphatic heterocycles. The molecule has 4 N–H and O–H groups in total. The minimum atomic E-state index is 0.230. The summed E-state index contributed by atoms with van der Waals surface area (Å²) in [5.41, 5.74) is 18.9. The lowest BCUT2D eigenvalue weighted by Gasteiger charge is -2.21. The third kappa shape index (κ3) is 3.13. The molecule has 24 heavy (non-hydrogen) atoms. The molecule has 2 atom stereocenters. The standard InChI is InChI=1S/C22H24N2/c1-15(17-9-5-3-6-10-17)19-13-20(22(24)14-21(19)23)16(2)18-11-7-4-8-12-18/h3-16H,23-24H2,1-2H3. The SMILES string of the molecule is CC(c1ccccc1)c1cc(C(C)c2ccccc2)c(N)cc1N. The van der Waals surface area contributed by atoms with E-state index in [-0.39, 0.29) is 11.8 Å². The molecule has 3 rings (SSSR count). The number of nitrogens with two attached hydrogens (primary N) is 2. The van der Waals surface area contributed by atoms with Crippen molar-refractivity contribution in [3.63, 3.8) is 0 Å². The molecule has 0 aromatic heterocycles. The first-order chi connectivity index (χ1) is 11.6. The molecule has 3 aromatic carbocycles. The molecule has 2 heteroatoms. The fourth-order valence-corrected chi connectivity index (χ4v) is 3.26. The van der Waals surface area contributed by atoms with Crippen LogP contribution in [-0.2, 0) is 0 Å². The van der Waals surface area contributed by atoms with E-state index in [1.165, 1.54) is 11.1 Å². The fourth-order valence-electron chi connectivity index (χ4n) is 3.26. The van der Waals surface area contributed by atoms with Crippen molar-refractivity contribution < 1.29 is 0 Å². The van der Waals surface area contributed by atoms with Crippen molar-refractivity contribution in [1.82, 2.24) is 0 Å². The van der Waals surface area contributed by atoms with E-state index in [2.05, 4.69) is 68.4 Å². The van der Waals surface area contributed by atoms with Gasteiger partial charge in [0.1, 0.15) is 0 Å². The molecule has 2 unspecified atom stereocenters. The van der Waals surface area contributed by atoms with E-state index < -0.39 is 0 Å². The van der Waals surface area contributed by atoms with Gasteiger partial charge in [-0.2, -0.15) is 0 Å². The summed E-state index contributed by atoms with van der Waals surface area (Å²) in [7, 11) is 0. The lowest BCUT2D eigenvalue weighted by molar-refractivity contribution is 0.892. The largest absolute Gasteiger partial charge is 0.398 e. The number of anilines is 2.